The summed E-state index contributed by atoms with van der Waals surface area (Å²) >= 11 is 0. The molecule has 1 aliphatic rings. The Balaban J connectivity index is 2.57. The summed E-state index contributed by atoms with van der Waals surface area (Å²) in [5.74, 6) is 0. The average molecular weight is 171 g/mol. The molecule has 0 bridgehead atoms. The zero-order chi connectivity index (χ0) is 9.14. The summed E-state index contributed by atoms with van der Waals surface area (Å²) in [6.07, 6.45) is 0.919. The van der Waals surface area contributed by atoms with Crippen molar-refractivity contribution in [2.45, 2.75) is 19.1 Å². The fourth-order valence-electron chi connectivity index (χ4n) is 1.10. The fraction of sp³-hybridized carbons (Fsp3) is 0.625. The Bertz CT molecular complexity index is 193. The maximum absolute atomic E-state index is 11.1. The van der Waals surface area contributed by atoms with Crippen LogP contribution in [0, 0.1) is 0 Å². The summed E-state index contributed by atoms with van der Waals surface area (Å²) in [6, 6.07) is -0.0333. The monoisotopic (exact) mass is 171 g/mol. The number of carbonyl (C=O) groups is 1. The number of aliphatic hydroxyl groups excluding tert-OH is 1. The summed E-state index contributed by atoms with van der Waals surface area (Å²) < 4.78 is 4.84. The predicted octanol–water partition coefficient (Wildman–Crippen LogP) is 0.374. The average Bonchev–Trinajstić information content (AvgIpc) is 2.45. The molecule has 68 valence electrons. The summed E-state index contributed by atoms with van der Waals surface area (Å²) in [5, 5.41) is 8.73. The second-order valence-corrected chi connectivity index (χ2v) is 2.82. The van der Waals surface area contributed by atoms with Crippen LogP contribution in [0.25, 0.3) is 0 Å². The van der Waals surface area contributed by atoms with Gasteiger partial charge >= 0.3 is 6.09 Å². The Morgan fingerprint density at radius 3 is 3.08 bits per heavy atom. The van der Waals surface area contributed by atoms with Gasteiger partial charge in [0.05, 0.1) is 19.2 Å². The Hall–Kier alpha value is -1.03. The van der Waals surface area contributed by atoms with Gasteiger partial charge in [0.15, 0.2) is 0 Å². The van der Waals surface area contributed by atoms with Crippen molar-refractivity contribution in [1.29, 1.82) is 0 Å². The van der Waals surface area contributed by atoms with Crippen LogP contribution in [0.3, 0.4) is 0 Å². The van der Waals surface area contributed by atoms with Crippen molar-refractivity contribution in [3.8, 4) is 0 Å². The SMILES string of the molecule is C=CC(C)N1CC(CO)OC1=O. The van der Waals surface area contributed by atoms with Gasteiger partial charge in [-0.3, -0.25) is 4.90 Å². The first-order valence-corrected chi connectivity index (χ1v) is 3.89. The number of carbonyl (C=O) groups excluding carboxylic acids is 1. The Morgan fingerprint density at radius 2 is 2.67 bits per heavy atom. The minimum atomic E-state index is -0.375. The van der Waals surface area contributed by atoms with E-state index in [2.05, 4.69) is 6.58 Å². The topological polar surface area (TPSA) is 49.8 Å². The third kappa shape index (κ3) is 1.58. The maximum Gasteiger partial charge on any atom is 0.410 e. The molecule has 0 aromatic rings. The van der Waals surface area contributed by atoms with Crippen molar-refractivity contribution < 1.29 is 14.6 Å². The Labute approximate surface area is 71.4 Å². The van der Waals surface area contributed by atoms with Crippen LogP contribution in [0.2, 0.25) is 0 Å². The molecule has 0 aromatic heterocycles. The lowest BCUT2D eigenvalue weighted by atomic mass is 10.3. The van der Waals surface area contributed by atoms with E-state index in [1.165, 1.54) is 4.90 Å². The van der Waals surface area contributed by atoms with Crippen molar-refractivity contribution >= 4 is 6.09 Å². The van der Waals surface area contributed by atoms with E-state index >= 15 is 0 Å². The van der Waals surface area contributed by atoms with Gasteiger partial charge in [0.2, 0.25) is 0 Å². The number of nitrogens with zero attached hydrogens (tertiary/aromatic N) is 1. The van der Waals surface area contributed by atoms with Gasteiger partial charge in [-0.25, -0.2) is 4.79 Å². The van der Waals surface area contributed by atoms with Gasteiger partial charge in [0.1, 0.15) is 6.10 Å². The molecule has 0 saturated carbocycles. The smallest absolute Gasteiger partial charge is 0.410 e. The molecular formula is C8H13NO3. The molecule has 1 saturated heterocycles. The first-order chi connectivity index (χ1) is 5.69. The van der Waals surface area contributed by atoms with E-state index in [1.807, 2.05) is 6.92 Å². The summed E-state index contributed by atoms with van der Waals surface area (Å²) in [6.45, 7) is 5.76. The van der Waals surface area contributed by atoms with Crippen LogP contribution >= 0.6 is 0 Å². The highest BCUT2D eigenvalue weighted by Crippen LogP contribution is 2.14. The van der Waals surface area contributed by atoms with Crippen molar-refractivity contribution in [1.82, 2.24) is 4.90 Å². The largest absolute Gasteiger partial charge is 0.442 e. The van der Waals surface area contributed by atoms with Crippen molar-refractivity contribution in [3.63, 3.8) is 0 Å². The molecule has 1 fully saturated rings. The van der Waals surface area contributed by atoms with E-state index < -0.39 is 0 Å². The number of hydrogen-bond acceptors (Lipinski definition) is 3. The molecule has 4 nitrogen and oxygen atoms in total. The first kappa shape index (κ1) is 9.06. The molecule has 2 unspecified atom stereocenters. The van der Waals surface area contributed by atoms with Crippen molar-refractivity contribution in [2.24, 2.45) is 0 Å². The normalized spacial score (nSPS) is 25.3. The summed E-state index contributed by atoms with van der Waals surface area (Å²) in [4.78, 5) is 12.6. The lowest BCUT2D eigenvalue weighted by Crippen LogP contribution is -2.33. The van der Waals surface area contributed by atoms with Crippen LogP contribution in [0.1, 0.15) is 6.92 Å². The van der Waals surface area contributed by atoms with E-state index in [9.17, 15) is 4.79 Å². The molecule has 0 aliphatic carbocycles. The summed E-state index contributed by atoms with van der Waals surface area (Å²) in [5.41, 5.74) is 0. The second-order valence-electron chi connectivity index (χ2n) is 2.82. The van der Waals surface area contributed by atoms with Crippen LogP contribution in [-0.2, 0) is 4.74 Å². The lowest BCUT2D eigenvalue weighted by molar-refractivity contribution is 0.0945. The lowest BCUT2D eigenvalue weighted by Gasteiger charge is -2.17. The zero-order valence-corrected chi connectivity index (χ0v) is 7.06. The first-order valence-electron chi connectivity index (χ1n) is 3.89. The quantitative estimate of drug-likeness (QED) is 0.624. The van der Waals surface area contributed by atoms with Gasteiger partial charge in [0, 0.05) is 0 Å². The molecule has 1 N–H and O–H groups in total. The van der Waals surface area contributed by atoms with Crippen molar-refractivity contribution in [2.75, 3.05) is 13.2 Å². The molecule has 1 aliphatic heterocycles. The van der Waals surface area contributed by atoms with Gasteiger partial charge in [-0.1, -0.05) is 6.08 Å². The molecule has 0 radical (unpaired) electrons. The van der Waals surface area contributed by atoms with Crippen LogP contribution < -0.4 is 0 Å². The number of amides is 1. The molecule has 1 heterocycles. The van der Waals surface area contributed by atoms with Crippen LogP contribution in [0.15, 0.2) is 12.7 Å². The highest BCUT2D eigenvalue weighted by Gasteiger charge is 2.32. The molecule has 4 heteroatoms. The molecule has 12 heavy (non-hydrogen) atoms. The molecule has 0 aromatic carbocycles. The Kier molecular flexibility index (Phi) is 2.70. The number of aliphatic hydroxyl groups is 1. The maximum atomic E-state index is 11.1. The minimum absolute atomic E-state index is 0.0333. The van der Waals surface area contributed by atoms with E-state index in [1.54, 1.807) is 6.08 Å². The molecular weight excluding hydrogens is 158 g/mol. The van der Waals surface area contributed by atoms with Gasteiger partial charge in [-0.05, 0) is 6.92 Å². The second kappa shape index (κ2) is 3.58. The molecule has 1 rings (SSSR count). The fourth-order valence-corrected chi connectivity index (χ4v) is 1.10. The molecule has 1 amide bonds. The van der Waals surface area contributed by atoms with Crippen LogP contribution in [0.5, 0.6) is 0 Å². The van der Waals surface area contributed by atoms with E-state index in [0.29, 0.717) is 6.54 Å². The minimum Gasteiger partial charge on any atom is -0.442 e. The molecule has 0 spiro atoms. The van der Waals surface area contributed by atoms with Gasteiger partial charge in [0.25, 0.3) is 0 Å². The number of ether oxygens (including phenoxy) is 1. The number of cyclic esters (lactones) is 1. The highest BCUT2D eigenvalue weighted by atomic mass is 16.6. The third-order valence-electron chi connectivity index (χ3n) is 1.94. The number of rotatable bonds is 3. The van der Waals surface area contributed by atoms with Crippen molar-refractivity contribution in [3.05, 3.63) is 12.7 Å². The number of hydrogen-bond donors (Lipinski definition) is 1. The molecule has 2 atom stereocenters. The zero-order valence-electron chi connectivity index (χ0n) is 7.06. The van der Waals surface area contributed by atoms with Gasteiger partial charge < -0.3 is 9.84 Å². The predicted molar refractivity (Wildman–Crippen MR) is 43.7 cm³/mol. The van der Waals surface area contributed by atoms with Gasteiger partial charge in [-0.2, -0.15) is 0 Å². The van der Waals surface area contributed by atoms with E-state index in [-0.39, 0.29) is 24.8 Å². The summed E-state index contributed by atoms with van der Waals surface area (Å²) in [7, 11) is 0. The highest BCUT2D eigenvalue weighted by molar-refractivity contribution is 5.70. The van der Waals surface area contributed by atoms with Crippen LogP contribution in [-0.4, -0.2) is 41.4 Å². The Morgan fingerprint density at radius 1 is 2.00 bits per heavy atom. The van der Waals surface area contributed by atoms with E-state index in [4.69, 9.17) is 9.84 Å². The third-order valence-corrected chi connectivity index (χ3v) is 1.94. The van der Waals surface area contributed by atoms with E-state index in [0.717, 1.165) is 0 Å². The standard InChI is InChI=1S/C8H13NO3/c1-3-6(2)9-4-7(5-10)12-8(9)11/h3,6-7,10H,1,4-5H2,2H3. The van der Waals surface area contributed by atoms with Gasteiger partial charge in [-0.15, -0.1) is 6.58 Å². The van der Waals surface area contributed by atoms with Crippen LogP contribution in [0.4, 0.5) is 4.79 Å².